The van der Waals surface area contributed by atoms with Crippen LogP contribution in [-0.4, -0.2) is 26.1 Å². The molecule has 2 N–H and O–H groups in total. The van der Waals surface area contributed by atoms with E-state index in [0.29, 0.717) is 17.1 Å². The number of aromatic amines is 1. The largest absolute Gasteiger partial charge is 0.319 e. The van der Waals surface area contributed by atoms with Gasteiger partial charge in [0.1, 0.15) is 5.69 Å². The second-order valence-corrected chi connectivity index (χ2v) is 5.18. The van der Waals surface area contributed by atoms with Crippen LogP contribution in [0, 0.1) is 0 Å². The number of hydrogen-bond acceptors (Lipinski definition) is 4. The molecule has 0 aliphatic heterocycles. The van der Waals surface area contributed by atoms with Crippen LogP contribution in [0.15, 0.2) is 49.1 Å². The maximum atomic E-state index is 13.4. The van der Waals surface area contributed by atoms with Crippen molar-refractivity contribution in [3.05, 3.63) is 60.2 Å². The summed E-state index contributed by atoms with van der Waals surface area (Å²) < 4.78 is 26.7. The summed E-state index contributed by atoms with van der Waals surface area (Å²) >= 11 is 0. The quantitative estimate of drug-likeness (QED) is 0.770. The monoisotopic (exact) mass is 329 g/mol. The number of rotatable bonds is 4. The molecule has 3 aromatic heterocycles. The van der Waals surface area contributed by atoms with E-state index in [1.54, 1.807) is 24.4 Å². The Balaban J connectivity index is 1.86. The highest BCUT2D eigenvalue weighted by atomic mass is 19.3. The standard InChI is InChI=1S/C16H13F2N5O/c1-16(17,18)11-6-10(7-19-8-11)15(24)22-13-9-21-23-14(13)12-4-2-3-5-20-12/h2-9H,1H3,(H,21,23)(H,22,24). The van der Waals surface area contributed by atoms with Gasteiger partial charge < -0.3 is 5.32 Å². The van der Waals surface area contributed by atoms with Crippen molar-refractivity contribution in [2.75, 3.05) is 5.32 Å². The van der Waals surface area contributed by atoms with Crippen LogP contribution in [-0.2, 0) is 5.92 Å². The molecule has 0 aromatic carbocycles. The highest BCUT2D eigenvalue weighted by Gasteiger charge is 2.26. The predicted octanol–water partition coefficient (Wildman–Crippen LogP) is 3.23. The smallest absolute Gasteiger partial charge is 0.272 e. The molecule has 0 fully saturated rings. The highest BCUT2D eigenvalue weighted by Crippen LogP contribution is 2.27. The minimum absolute atomic E-state index is 0.0298. The molecule has 0 saturated heterocycles. The number of amides is 1. The van der Waals surface area contributed by atoms with Gasteiger partial charge in [-0.2, -0.15) is 5.10 Å². The summed E-state index contributed by atoms with van der Waals surface area (Å²) in [7, 11) is 0. The fourth-order valence-corrected chi connectivity index (χ4v) is 2.09. The molecule has 3 aromatic rings. The van der Waals surface area contributed by atoms with Crippen LogP contribution >= 0.6 is 0 Å². The number of alkyl halides is 2. The van der Waals surface area contributed by atoms with Gasteiger partial charge >= 0.3 is 0 Å². The highest BCUT2D eigenvalue weighted by molar-refractivity contribution is 6.05. The second kappa shape index (κ2) is 6.15. The number of H-pyrrole nitrogens is 1. The molecule has 0 bridgehead atoms. The van der Waals surface area contributed by atoms with Crippen LogP contribution in [0.3, 0.4) is 0 Å². The molecule has 8 heteroatoms. The minimum atomic E-state index is -3.07. The van der Waals surface area contributed by atoms with Gasteiger partial charge in [0.2, 0.25) is 0 Å². The first kappa shape index (κ1) is 15.7. The Labute approximate surface area is 136 Å². The van der Waals surface area contributed by atoms with Crippen LogP contribution < -0.4 is 5.32 Å². The van der Waals surface area contributed by atoms with Gasteiger partial charge in [0, 0.05) is 31.1 Å². The van der Waals surface area contributed by atoms with Crippen molar-refractivity contribution >= 4 is 11.6 Å². The Morgan fingerprint density at radius 3 is 2.79 bits per heavy atom. The molecule has 0 saturated carbocycles. The van der Waals surface area contributed by atoms with Crippen LogP contribution in [0.2, 0.25) is 0 Å². The number of halogens is 2. The number of carbonyl (C=O) groups is 1. The Morgan fingerprint density at radius 1 is 1.25 bits per heavy atom. The molecule has 0 aliphatic rings. The van der Waals surface area contributed by atoms with E-state index in [1.165, 1.54) is 12.4 Å². The third-order valence-corrected chi connectivity index (χ3v) is 3.32. The number of hydrogen-bond donors (Lipinski definition) is 2. The van der Waals surface area contributed by atoms with Crippen molar-refractivity contribution < 1.29 is 13.6 Å². The van der Waals surface area contributed by atoms with Crippen LogP contribution in [0.5, 0.6) is 0 Å². The number of carbonyl (C=O) groups excluding carboxylic acids is 1. The van der Waals surface area contributed by atoms with E-state index in [-0.39, 0.29) is 11.1 Å². The maximum absolute atomic E-state index is 13.4. The van der Waals surface area contributed by atoms with E-state index in [4.69, 9.17) is 0 Å². The summed E-state index contributed by atoms with van der Waals surface area (Å²) in [5.41, 5.74) is 1.22. The van der Waals surface area contributed by atoms with E-state index in [0.717, 1.165) is 19.2 Å². The van der Waals surface area contributed by atoms with Gasteiger partial charge in [-0.15, -0.1) is 0 Å². The molecule has 6 nitrogen and oxygen atoms in total. The number of pyridine rings is 2. The SMILES string of the molecule is CC(F)(F)c1cncc(C(=O)Nc2cn[nH]c2-c2ccccn2)c1. The molecule has 122 valence electrons. The van der Waals surface area contributed by atoms with Gasteiger partial charge in [-0.25, -0.2) is 8.78 Å². The van der Waals surface area contributed by atoms with Gasteiger partial charge in [0.15, 0.2) is 0 Å². The van der Waals surface area contributed by atoms with Crippen LogP contribution in [0.25, 0.3) is 11.4 Å². The van der Waals surface area contributed by atoms with Gasteiger partial charge in [0.05, 0.1) is 23.1 Å². The Morgan fingerprint density at radius 2 is 2.08 bits per heavy atom. The molecule has 0 spiro atoms. The third kappa shape index (κ3) is 3.27. The fraction of sp³-hybridized carbons (Fsp3) is 0.125. The zero-order valence-corrected chi connectivity index (χ0v) is 12.6. The van der Waals surface area contributed by atoms with Crippen LogP contribution in [0.4, 0.5) is 14.5 Å². The summed E-state index contributed by atoms with van der Waals surface area (Å²) in [5, 5.41) is 9.26. The molecule has 0 aliphatic carbocycles. The molecular formula is C16H13F2N5O. The molecule has 24 heavy (non-hydrogen) atoms. The predicted molar refractivity (Wildman–Crippen MR) is 83.6 cm³/mol. The van der Waals surface area contributed by atoms with Crippen LogP contribution in [0.1, 0.15) is 22.8 Å². The maximum Gasteiger partial charge on any atom is 0.272 e. The van der Waals surface area contributed by atoms with Crippen molar-refractivity contribution in [3.63, 3.8) is 0 Å². The van der Waals surface area contributed by atoms with E-state index in [9.17, 15) is 13.6 Å². The molecule has 0 radical (unpaired) electrons. The molecular weight excluding hydrogens is 316 g/mol. The summed E-state index contributed by atoms with van der Waals surface area (Å²) in [4.78, 5) is 20.2. The first-order valence-electron chi connectivity index (χ1n) is 7.04. The van der Waals surface area contributed by atoms with Crippen molar-refractivity contribution in [2.45, 2.75) is 12.8 Å². The Hall–Kier alpha value is -3.16. The van der Waals surface area contributed by atoms with E-state index in [2.05, 4.69) is 25.5 Å². The lowest BCUT2D eigenvalue weighted by Gasteiger charge is -2.11. The second-order valence-electron chi connectivity index (χ2n) is 5.18. The fourth-order valence-electron chi connectivity index (χ4n) is 2.09. The number of aromatic nitrogens is 4. The lowest BCUT2D eigenvalue weighted by atomic mass is 10.1. The van der Waals surface area contributed by atoms with Gasteiger partial charge in [-0.05, 0) is 18.2 Å². The number of nitrogens with one attached hydrogen (secondary N) is 2. The first-order chi connectivity index (χ1) is 11.4. The van der Waals surface area contributed by atoms with E-state index < -0.39 is 11.8 Å². The first-order valence-corrected chi connectivity index (χ1v) is 7.04. The van der Waals surface area contributed by atoms with E-state index in [1.807, 2.05) is 0 Å². The lowest BCUT2D eigenvalue weighted by Crippen LogP contribution is -2.15. The minimum Gasteiger partial charge on any atom is -0.319 e. The van der Waals surface area contributed by atoms with Gasteiger partial charge in [0.25, 0.3) is 11.8 Å². The van der Waals surface area contributed by atoms with Gasteiger partial charge in [-0.3, -0.25) is 19.9 Å². The molecule has 0 atom stereocenters. The topological polar surface area (TPSA) is 83.6 Å². The zero-order chi connectivity index (χ0) is 17.2. The summed E-state index contributed by atoms with van der Waals surface area (Å²) in [6.45, 7) is 0.751. The summed E-state index contributed by atoms with van der Waals surface area (Å²) in [5.74, 6) is -3.63. The van der Waals surface area contributed by atoms with E-state index >= 15 is 0 Å². The number of nitrogens with zero attached hydrogens (tertiary/aromatic N) is 3. The number of anilines is 1. The average molecular weight is 329 g/mol. The van der Waals surface area contributed by atoms with Crippen molar-refractivity contribution in [1.82, 2.24) is 20.2 Å². The molecule has 3 heterocycles. The average Bonchev–Trinajstić information content (AvgIpc) is 3.03. The Bertz CT molecular complexity index is 858. The van der Waals surface area contributed by atoms with Crippen molar-refractivity contribution in [3.8, 4) is 11.4 Å². The molecule has 0 unspecified atom stereocenters. The summed E-state index contributed by atoms with van der Waals surface area (Å²) in [6, 6.07) is 6.43. The van der Waals surface area contributed by atoms with Crippen molar-refractivity contribution in [2.24, 2.45) is 0 Å². The lowest BCUT2D eigenvalue weighted by molar-refractivity contribution is 0.0171. The Kier molecular flexibility index (Phi) is 4.03. The summed E-state index contributed by atoms with van der Waals surface area (Å²) in [6.07, 6.45) is 5.30. The zero-order valence-electron chi connectivity index (χ0n) is 12.6. The van der Waals surface area contributed by atoms with Crippen molar-refractivity contribution in [1.29, 1.82) is 0 Å². The third-order valence-electron chi connectivity index (χ3n) is 3.32. The normalized spacial score (nSPS) is 11.3. The molecule has 3 rings (SSSR count). The molecule has 1 amide bonds. The van der Waals surface area contributed by atoms with Gasteiger partial charge in [-0.1, -0.05) is 6.07 Å².